The number of benzene rings is 1. The first-order valence-electron chi connectivity index (χ1n) is 11.8. The largest absolute Gasteiger partial charge is 0.334 e. The highest BCUT2D eigenvalue weighted by atomic mass is 32.1. The van der Waals surface area contributed by atoms with Crippen LogP contribution in [0.1, 0.15) is 20.9 Å². The van der Waals surface area contributed by atoms with Crippen LogP contribution >= 0.6 is 11.3 Å². The minimum absolute atomic E-state index is 0.222. The van der Waals surface area contributed by atoms with Gasteiger partial charge in [0.15, 0.2) is 5.82 Å². The van der Waals surface area contributed by atoms with E-state index in [0.29, 0.717) is 33.6 Å². The second-order valence-electron chi connectivity index (χ2n) is 9.07. The zero-order valence-electron chi connectivity index (χ0n) is 20.3. The first kappa shape index (κ1) is 23.1. The van der Waals surface area contributed by atoms with Crippen LogP contribution in [0.15, 0.2) is 59.4 Å². The number of aryl methyl sites for hydroxylation is 1. The molecule has 5 aromatic rings. The van der Waals surface area contributed by atoms with Crippen LogP contribution in [0.5, 0.6) is 0 Å². The van der Waals surface area contributed by atoms with E-state index in [1.54, 1.807) is 12.1 Å². The predicted octanol–water partition coefficient (Wildman–Crippen LogP) is 3.99. The molecule has 1 aliphatic rings. The summed E-state index contributed by atoms with van der Waals surface area (Å²) in [6.45, 7) is 4.40. The van der Waals surface area contributed by atoms with E-state index in [1.807, 2.05) is 54.1 Å². The van der Waals surface area contributed by atoms with Gasteiger partial charge in [-0.05, 0) is 49.2 Å². The molecule has 37 heavy (non-hydrogen) atoms. The first-order chi connectivity index (χ1) is 17.9. The van der Waals surface area contributed by atoms with Gasteiger partial charge >= 0.3 is 0 Å². The minimum atomic E-state index is -0.364. The molecule has 10 nitrogen and oxygen atoms in total. The van der Waals surface area contributed by atoms with Crippen LogP contribution in [0.25, 0.3) is 21.5 Å². The highest BCUT2D eigenvalue weighted by Gasteiger charge is 2.17. The summed E-state index contributed by atoms with van der Waals surface area (Å²) < 4.78 is 3.00. The van der Waals surface area contributed by atoms with Crippen molar-refractivity contribution in [2.45, 2.75) is 20.0 Å². The van der Waals surface area contributed by atoms with Crippen LogP contribution in [-0.4, -0.2) is 49.4 Å². The molecule has 186 valence electrons. The van der Waals surface area contributed by atoms with Crippen molar-refractivity contribution in [3.8, 4) is 11.4 Å². The zero-order chi connectivity index (χ0) is 25.5. The van der Waals surface area contributed by atoms with Crippen LogP contribution in [0.2, 0.25) is 0 Å². The van der Waals surface area contributed by atoms with Gasteiger partial charge in [0.2, 0.25) is 0 Å². The van der Waals surface area contributed by atoms with Crippen molar-refractivity contribution < 1.29 is 4.79 Å². The van der Waals surface area contributed by atoms with E-state index >= 15 is 0 Å². The molecule has 0 aliphatic carbocycles. The summed E-state index contributed by atoms with van der Waals surface area (Å²) in [5, 5.41) is 18.4. The monoisotopic (exact) mass is 512 g/mol. The minimum Gasteiger partial charge on any atom is -0.334 e. The molecule has 1 aromatic carbocycles. The van der Waals surface area contributed by atoms with Gasteiger partial charge < -0.3 is 10.6 Å². The van der Waals surface area contributed by atoms with Crippen molar-refractivity contribution in [3.63, 3.8) is 0 Å². The summed E-state index contributed by atoms with van der Waals surface area (Å²) >= 11 is 1.43. The molecule has 0 radical (unpaired) electrons. The van der Waals surface area contributed by atoms with E-state index in [-0.39, 0.29) is 11.5 Å². The van der Waals surface area contributed by atoms with Crippen LogP contribution in [-0.2, 0) is 13.1 Å². The van der Waals surface area contributed by atoms with E-state index in [2.05, 4.69) is 42.9 Å². The third kappa shape index (κ3) is 4.61. The normalized spacial score (nSPS) is 13.5. The topological polar surface area (TPSA) is 121 Å². The number of likely N-dealkylation sites (N-methyl/N-ethyl adjacent to an activating group) is 1. The molecule has 0 fully saturated rings. The number of nitrogens with one attached hydrogen (secondary N) is 3. The third-order valence-corrected chi connectivity index (χ3v) is 7.41. The van der Waals surface area contributed by atoms with Crippen molar-refractivity contribution in [2.75, 3.05) is 24.2 Å². The first-order valence-corrected chi connectivity index (χ1v) is 12.6. The smallest absolute Gasteiger partial charge is 0.287 e. The van der Waals surface area contributed by atoms with E-state index in [0.717, 1.165) is 41.0 Å². The number of aromatic amines is 1. The Kier molecular flexibility index (Phi) is 5.78. The fourth-order valence-corrected chi connectivity index (χ4v) is 5.25. The lowest BCUT2D eigenvalue weighted by atomic mass is 10.2. The summed E-state index contributed by atoms with van der Waals surface area (Å²) in [6.07, 6.45) is 0. The Morgan fingerprint density at radius 1 is 1.08 bits per heavy atom. The fraction of sp³-hybridized carbons (Fsp3) is 0.192. The number of hydrogen-bond acceptors (Lipinski definition) is 8. The Morgan fingerprint density at radius 2 is 1.95 bits per heavy atom. The molecule has 0 spiro atoms. The number of H-pyrrole nitrogens is 1. The predicted molar refractivity (Wildman–Crippen MR) is 144 cm³/mol. The maximum Gasteiger partial charge on any atom is 0.287 e. The van der Waals surface area contributed by atoms with Gasteiger partial charge in [-0.2, -0.15) is 10.2 Å². The van der Waals surface area contributed by atoms with Crippen molar-refractivity contribution in [3.05, 3.63) is 81.1 Å². The Bertz CT molecular complexity index is 1670. The lowest BCUT2D eigenvalue weighted by Gasteiger charge is -2.22. The number of carbonyl (C=O) groups is 1. The standard InChI is InChI=1S/C26H24N8O2S/c1-15-7-8-18(28-24(15)29-26(36)22-11-16-5-3-4-6-21(16)37-22)19-13-20(25(35)31-30-19)27-23-12-17-14-33(2)9-10-34(17)32-23/h3-8,11-13H,9-10,14H2,1-2H3,(H,31,35)(H,27,30,32)(H,28,29,36). The van der Waals surface area contributed by atoms with Crippen LogP contribution < -0.4 is 16.2 Å². The SMILES string of the molecule is Cc1ccc(-c2cc(Nc3cc4n(n3)CCN(C)C4)c(=O)[nH]n2)nc1NC(=O)c1cc2ccccc2s1. The van der Waals surface area contributed by atoms with Gasteiger partial charge in [0.05, 0.1) is 22.8 Å². The van der Waals surface area contributed by atoms with Crippen molar-refractivity contribution in [1.29, 1.82) is 0 Å². The molecule has 0 atom stereocenters. The molecular weight excluding hydrogens is 488 g/mol. The van der Waals surface area contributed by atoms with Gasteiger partial charge in [0.1, 0.15) is 17.2 Å². The number of aromatic nitrogens is 5. The third-order valence-electron chi connectivity index (χ3n) is 6.30. The molecule has 0 saturated carbocycles. The van der Waals surface area contributed by atoms with Crippen LogP contribution in [0.4, 0.5) is 17.3 Å². The Morgan fingerprint density at radius 3 is 2.81 bits per heavy atom. The molecule has 4 aromatic heterocycles. The Hall–Kier alpha value is -4.35. The van der Waals surface area contributed by atoms with Gasteiger partial charge in [0, 0.05) is 23.9 Å². The summed E-state index contributed by atoms with van der Waals surface area (Å²) in [4.78, 5) is 32.9. The number of hydrogen-bond donors (Lipinski definition) is 3. The molecule has 0 bridgehead atoms. The second kappa shape index (κ2) is 9.26. The Labute approximate surface area is 216 Å². The molecule has 0 saturated heterocycles. The molecule has 5 heterocycles. The fourth-order valence-electron chi connectivity index (χ4n) is 4.29. The highest BCUT2D eigenvalue weighted by molar-refractivity contribution is 7.20. The molecular formula is C26H24N8O2S. The number of thiophene rings is 1. The van der Waals surface area contributed by atoms with Crippen LogP contribution in [0, 0.1) is 6.92 Å². The van der Waals surface area contributed by atoms with Gasteiger partial charge in [-0.3, -0.25) is 19.2 Å². The van der Waals surface area contributed by atoms with E-state index in [1.165, 1.54) is 11.3 Å². The van der Waals surface area contributed by atoms with Gasteiger partial charge in [0.25, 0.3) is 11.5 Å². The molecule has 1 aliphatic heterocycles. The van der Waals surface area contributed by atoms with E-state index in [9.17, 15) is 9.59 Å². The molecule has 6 rings (SSSR count). The van der Waals surface area contributed by atoms with Crippen LogP contribution in [0.3, 0.4) is 0 Å². The summed E-state index contributed by atoms with van der Waals surface area (Å²) in [5.41, 5.74) is 2.82. The van der Waals surface area contributed by atoms with Crippen molar-refractivity contribution >= 4 is 44.7 Å². The molecule has 0 unspecified atom stereocenters. The highest BCUT2D eigenvalue weighted by Crippen LogP contribution is 2.27. The second-order valence-corrected chi connectivity index (χ2v) is 10.2. The molecule has 1 amide bonds. The lowest BCUT2D eigenvalue weighted by molar-refractivity contribution is 0.103. The maximum atomic E-state index is 13.0. The average Bonchev–Trinajstić information content (AvgIpc) is 3.50. The van der Waals surface area contributed by atoms with E-state index < -0.39 is 0 Å². The van der Waals surface area contributed by atoms with Gasteiger partial charge in [-0.15, -0.1) is 11.3 Å². The number of rotatable bonds is 5. The average molecular weight is 513 g/mol. The van der Waals surface area contributed by atoms with Gasteiger partial charge in [-0.25, -0.2) is 10.1 Å². The Balaban J connectivity index is 1.25. The summed E-state index contributed by atoms with van der Waals surface area (Å²) in [5.74, 6) is 0.814. The van der Waals surface area contributed by atoms with E-state index in [4.69, 9.17) is 0 Å². The summed E-state index contributed by atoms with van der Waals surface area (Å²) in [7, 11) is 2.07. The molecule has 11 heteroatoms. The number of pyridine rings is 1. The van der Waals surface area contributed by atoms with Crippen molar-refractivity contribution in [2.24, 2.45) is 0 Å². The number of anilines is 3. The number of nitrogens with zero attached hydrogens (tertiary/aromatic N) is 5. The maximum absolute atomic E-state index is 13.0. The number of fused-ring (bicyclic) bond motifs is 2. The van der Waals surface area contributed by atoms with Gasteiger partial charge in [-0.1, -0.05) is 24.3 Å². The number of carbonyl (C=O) groups excluding carboxylic acids is 1. The molecule has 3 N–H and O–H groups in total. The van der Waals surface area contributed by atoms with Crippen molar-refractivity contribution in [1.82, 2.24) is 29.9 Å². The quantitative estimate of drug-likeness (QED) is 0.326. The lowest BCUT2D eigenvalue weighted by Crippen LogP contribution is -2.30. The number of amides is 1. The summed E-state index contributed by atoms with van der Waals surface area (Å²) in [6, 6.07) is 17.0. The zero-order valence-corrected chi connectivity index (χ0v) is 21.1.